The van der Waals surface area contributed by atoms with Crippen molar-refractivity contribution in [3.05, 3.63) is 29.3 Å². The Hall–Kier alpha value is -1.59. The Kier molecular flexibility index (Phi) is 5.12. The third kappa shape index (κ3) is 3.45. The summed E-state index contributed by atoms with van der Waals surface area (Å²) in [6, 6.07) is 5.37. The molecule has 0 aromatic heterocycles. The van der Waals surface area contributed by atoms with Gasteiger partial charge in [0.05, 0.1) is 7.11 Å². The summed E-state index contributed by atoms with van der Waals surface area (Å²) in [6.07, 6.45) is 0.167. The monoisotopic (exact) mass is 251 g/mol. The van der Waals surface area contributed by atoms with Gasteiger partial charge in [0.1, 0.15) is 5.75 Å². The molecule has 1 aromatic rings. The van der Waals surface area contributed by atoms with Gasteiger partial charge < -0.3 is 10.5 Å². The van der Waals surface area contributed by atoms with E-state index in [4.69, 9.17) is 16.3 Å². The van der Waals surface area contributed by atoms with Crippen LogP contribution in [0.3, 0.4) is 0 Å². The third-order valence-electron chi connectivity index (χ3n) is 2.87. The van der Waals surface area contributed by atoms with E-state index in [0.717, 1.165) is 16.9 Å². The quantitative estimate of drug-likeness (QED) is 0.416. The minimum atomic E-state index is -0.364. The Morgan fingerprint density at radius 1 is 1.44 bits per heavy atom. The van der Waals surface area contributed by atoms with Gasteiger partial charge in [0.15, 0.2) is 0 Å². The molecular weight excluding hydrogens is 230 g/mol. The topological polar surface area (TPSA) is 90.4 Å². The second-order valence-electron chi connectivity index (χ2n) is 4.53. The third-order valence-corrected chi connectivity index (χ3v) is 2.87. The van der Waals surface area contributed by atoms with Crippen LogP contribution >= 0.6 is 0 Å². The van der Waals surface area contributed by atoms with Crippen molar-refractivity contribution in [2.75, 3.05) is 7.11 Å². The maximum absolute atomic E-state index is 11.2. The van der Waals surface area contributed by atoms with Gasteiger partial charge in [-0.3, -0.25) is 10.2 Å². The van der Waals surface area contributed by atoms with E-state index >= 15 is 0 Å². The SMILES string of the molecule is COc1ccc(C(N)CC(=O)NN)cc1C(C)C. The predicted molar refractivity (Wildman–Crippen MR) is 71.0 cm³/mol. The highest BCUT2D eigenvalue weighted by atomic mass is 16.5. The zero-order chi connectivity index (χ0) is 13.7. The van der Waals surface area contributed by atoms with Gasteiger partial charge in [0, 0.05) is 12.5 Å². The summed E-state index contributed by atoms with van der Waals surface area (Å²) < 4.78 is 5.30. The van der Waals surface area contributed by atoms with Crippen LogP contribution in [0.25, 0.3) is 0 Å². The molecule has 0 heterocycles. The maximum Gasteiger partial charge on any atom is 0.235 e. The lowest BCUT2D eigenvalue weighted by molar-refractivity contribution is -0.121. The summed E-state index contributed by atoms with van der Waals surface area (Å²) in [5.41, 5.74) is 10.0. The number of ether oxygens (including phenoxy) is 1. The number of carbonyl (C=O) groups excluding carboxylic acids is 1. The van der Waals surface area contributed by atoms with Gasteiger partial charge in [-0.15, -0.1) is 0 Å². The molecule has 5 nitrogen and oxygen atoms in total. The number of nitrogens with one attached hydrogen (secondary N) is 1. The van der Waals surface area contributed by atoms with Gasteiger partial charge in [-0.2, -0.15) is 0 Å². The Morgan fingerprint density at radius 2 is 2.11 bits per heavy atom. The molecule has 0 saturated carbocycles. The van der Waals surface area contributed by atoms with E-state index in [0.29, 0.717) is 5.92 Å². The van der Waals surface area contributed by atoms with E-state index in [-0.39, 0.29) is 18.4 Å². The number of hydrogen-bond acceptors (Lipinski definition) is 4. The van der Waals surface area contributed by atoms with Crippen molar-refractivity contribution < 1.29 is 9.53 Å². The minimum Gasteiger partial charge on any atom is -0.496 e. The normalized spacial score (nSPS) is 12.3. The number of hydrogen-bond donors (Lipinski definition) is 3. The Bertz CT molecular complexity index is 419. The molecule has 1 aromatic carbocycles. The molecule has 1 amide bonds. The Labute approximate surface area is 107 Å². The van der Waals surface area contributed by atoms with Crippen LogP contribution in [0.5, 0.6) is 5.75 Å². The summed E-state index contributed by atoms with van der Waals surface area (Å²) in [7, 11) is 1.64. The van der Waals surface area contributed by atoms with E-state index in [1.807, 2.05) is 18.2 Å². The van der Waals surface area contributed by atoms with Crippen LogP contribution in [0.2, 0.25) is 0 Å². The van der Waals surface area contributed by atoms with E-state index in [9.17, 15) is 4.79 Å². The Balaban J connectivity index is 2.97. The molecule has 0 aliphatic heterocycles. The van der Waals surface area contributed by atoms with E-state index in [1.165, 1.54) is 0 Å². The molecule has 1 unspecified atom stereocenters. The van der Waals surface area contributed by atoms with Crippen LogP contribution < -0.4 is 21.7 Å². The first-order valence-corrected chi connectivity index (χ1v) is 5.92. The first kappa shape index (κ1) is 14.5. The largest absolute Gasteiger partial charge is 0.496 e. The lowest BCUT2D eigenvalue weighted by Crippen LogP contribution is -2.32. The van der Waals surface area contributed by atoms with Crippen molar-refractivity contribution in [2.45, 2.75) is 32.2 Å². The molecule has 0 aliphatic carbocycles. The van der Waals surface area contributed by atoms with Gasteiger partial charge in [-0.05, 0) is 23.1 Å². The fraction of sp³-hybridized carbons (Fsp3) is 0.462. The summed E-state index contributed by atoms with van der Waals surface area (Å²) in [4.78, 5) is 11.2. The van der Waals surface area contributed by atoms with Crippen LogP contribution in [0.15, 0.2) is 18.2 Å². The predicted octanol–water partition coefficient (Wildman–Crippen LogP) is 1.20. The standard InChI is InChI=1S/C13H21N3O2/c1-8(2)10-6-9(4-5-12(10)18-3)11(14)7-13(17)16-15/h4-6,8,11H,7,14-15H2,1-3H3,(H,16,17). The molecule has 0 radical (unpaired) electrons. The van der Waals surface area contributed by atoms with Crippen LogP contribution in [-0.2, 0) is 4.79 Å². The number of amides is 1. The van der Waals surface area contributed by atoms with Crippen molar-refractivity contribution in [1.29, 1.82) is 0 Å². The molecule has 0 spiro atoms. The second-order valence-corrected chi connectivity index (χ2v) is 4.53. The molecule has 18 heavy (non-hydrogen) atoms. The van der Waals surface area contributed by atoms with E-state index in [2.05, 4.69) is 19.3 Å². The van der Waals surface area contributed by atoms with Crippen molar-refractivity contribution in [2.24, 2.45) is 11.6 Å². The molecule has 5 heteroatoms. The number of carbonyl (C=O) groups is 1. The number of methoxy groups -OCH3 is 1. The molecule has 0 bridgehead atoms. The van der Waals surface area contributed by atoms with Crippen molar-refractivity contribution in [3.8, 4) is 5.75 Å². The first-order valence-electron chi connectivity index (χ1n) is 5.92. The number of rotatable bonds is 5. The number of hydrazine groups is 1. The highest BCUT2D eigenvalue weighted by Crippen LogP contribution is 2.29. The molecule has 0 saturated heterocycles. The van der Waals surface area contributed by atoms with E-state index < -0.39 is 0 Å². The van der Waals surface area contributed by atoms with Crippen molar-refractivity contribution >= 4 is 5.91 Å². The van der Waals surface area contributed by atoms with Gasteiger partial charge in [0.25, 0.3) is 0 Å². The molecule has 1 atom stereocenters. The zero-order valence-electron chi connectivity index (χ0n) is 11.1. The summed E-state index contributed by atoms with van der Waals surface area (Å²) in [5.74, 6) is 5.94. The lowest BCUT2D eigenvalue weighted by Gasteiger charge is -2.16. The van der Waals surface area contributed by atoms with Crippen LogP contribution in [0, 0.1) is 0 Å². The summed E-state index contributed by atoms with van der Waals surface area (Å²) in [5, 5.41) is 0. The molecule has 0 aliphatic rings. The van der Waals surface area contributed by atoms with E-state index in [1.54, 1.807) is 7.11 Å². The van der Waals surface area contributed by atoms with Gasteiger partial charge in [-0.25, -0.2) is 5.84 Å². The van der Waals surface area contributed by atoms with Gasteiger partial charge in [0.2, 0.25) is 5.91 Å². The average Bonchev–Trinajstić information content (AvgIpc) is 2.37. The maximum atomic E-state index is 11.2. The van der Waals surface area contributed by atoms with Crippen LogP contribution in [0.4, 0.5) is 0 Å². The molecule has 5 N–H and O–H groups in total. The van der Waals surface area contributed by atoms with Gasteiger partial charge >= 0.3 is 0 Å². The highest BCUT2D eigenvalue weighted by Gasteiger charge is 2.14. The lowest BCUT2D eigenvalue weighted by atomic mass is 9.95. The zero-order valence-corrected chi connectivity index (χ0v) is 11.1. The van der Waals surface area contributed by atoms with Crippen LogP contribution in [-0.4, -0.2) is 13.0 Å². The molecule has 0 fully saturated rings. The first-order chi connectivity index (χ1) is 8.49. The number of benzene rings is 1. The van der Waals surface area contributed by atoms with Crippen molar-refractivity contribution in [1.82, 2.24) is 5.43 Å². The minimum absolute atomic E-state index is 0.167. The fourth-order valence-electron chi connectivity index (χ4n) is 1.81. The van der Waals surface area contributed by atoms with Crippen LogP contribution in [0.1, 0.15) is 43.4 Å². The second kappa shape index (κ2) is 6.37. The Morgan fingerprint density at radius 3 is 2.61 bits per heavy atom. The highest BCUT2D eigenvalue weighted by molar-refractivity contribution is 5.76. The van der Waals surface area contributed by atoms with Crippen molar-refractivity contribution in [3.63, 3.8) is 0 Å². The summed E-state index contributed by atoms with van der Waals surface area (Å²) >= 11 is 0. The smallest absolute Gasteiger partial charge is 0.235 e. The fourth-order valence-corrected chi connectivity index (χ4v) is 1.81. The molecule has 100 valence electrons. The number of nitrogens with two attached hydrogens (primary N) is 2. The van der Waals surface area contributed by atoms with Gasteiger partial charge in [-0.1, -0.05) is 26.0 Å². The average molecular weight is 251 g/mol. The molecule has 1 rings (SSSR count). The summed E-state index contributed by atoms with van der Waals surface area (Å²) in [6.45, 7) is 4.17. The molecular formula is C13H21N3O2.